The number of aromatic nitrogens is 2. The highest BCUT2D eigenvalue weighted by Crippen LogP contribution is 2.05. The molecule has 0 fully saturated rings. The highest BCUT2D eigenvalue weighted by Gasteiger charge is 2.07. The van der Waals surface area contributed by atoms with Gasteiger partial charge in [-0.2, -0.15) is 0 Å². The van der Waals surface area contributed by atoms with E-state index in [1.165, 1.54) is 11.9 Å². The van der Waals surface area contributed by atoms with Gasteiger partial charge in [-0.15, -0.1) is 0 Å². The number of nitrogens with zero attached hydrogens (tertiary/aromatic N) is 2. The molecule has 1 amide bonds. The Balaban J connectivity index is 1.84. The van der Waals surface area contributed by atoms with Gasteiger partial charge in [-0.25, -0.2) is 9.97 Å². The van der Waals surface area contributed by atoms with Crippen LogP contribution in [0, 0.1) is 0 Å². The normalized spacial score (nSPS) is 10.2. The maximum Gasteiger partial charge on any atom is 0.270 e. The number of carbonyl (C=O) groups is 1. The largest absolute Gasteiger partial charge is 0.370 e. The van der Waals surface area contributed by atoms with Gasteiger partial charge in [0.15, 0.2) is 0 Å². The molecule has 1 aromatic heterocycles. The number of benzene rings is 1. The molecule has 2 rings (SSSR count). The predicted molar refractivity (Wildman–Crippen MR) is 87.9 cm³/mol. The molecular formula is C17H22N4O. The molecule has 0 saturated carbocycles. The van der Waals surface area contributed by atoms with E-state index in [1.54, 1.807) is 6.07 Å². The second-order valence-corrected chi connectivity index (χ2v) is 5.06. The number of carbonyl (C=O) groups excluding carboxylic acids is 1. The van der Waals surface area contributed by atoms with Crippen LogP contribution in [0.2, 0.25) is 0 Å². The maximum atomic E-state index is 11.9. The Morgan fingerprint density at radius 3 is 2.73 bits per heavy atom. The summed E-state index contributed by atoms with van der Waals surface area (Å²) >= 11 is 0. The van der Waals surface area contributed by atoms with E-state index >= 15 is 0 Å². The standard InChI is InChI=1S/C17H22N4O/c1-2-3-10-19-17(22)15-12-16(21-13-20-15)18-11-9-14-7-5-4-6-8-14/h4-8,12-13H,2-3,9-11H2,1H3,(H,19,22)(H,18,20,21). The fraction of sp³-hybridized carbons (Fsp3) is 0.353. The van der Waals surface area contributed by atoms with Crippen molar-refractivity contribution in [3.63, 3.8) is 0 Å². The molecule has 0 unspecified atom stereocenters. The van der Waals surface area contributed by atoms with Crippen molar-refractivity contribution in [1.29, 1.82) is 0 Å². The highest BCUT2D eigenvalue weighted by atomic mass is 16.1. The summed E-state index contributed by atoms with van der Waals surface area (Å²) in [4.78, 5) is 20.1. The van der Waals surface area contributed by atoms with Crippen LogP contribution in [0.5, 0.6) is 0 Å². The molecule has 0 radical (unpaired) electrons. The number of nitrogens with one attached hydrogen (secondary N) is 2. The summed E-state index contributed by atoms with van der Waals surface area (Å²) in [7, 11) is 0. The van der Waals surface area contributed by atoms with Gasteiger partial charge in [0.25, 0.3) is 5.91 Å². The zero-order chi connectivity index (χ0) is 15.6. The van der Waals surface area contributed by atoms with Gasteiger partial charge in [0.1, 0.15) is 17.8 Å². The van der Waals surface area contributed by atoms with E-state index in [9.17, 15) is 4.79 Å². The lowest BCUT2D eigenvalue weighted by Gasteiger charge is -2.07. The number of hydrogen-bond donors (Lipinski definition) is 2. The molecule has 1 aromatic carbocycles. The highest BCUT2D eigenvalue weighted by molar-refractivity contribution is 5.92. The smallest absolute Gasteiger partial charge is 0.270 e. The van der Waals surface area contributed by atoms with Crippen molar-refractivity contribution in [3.05, 3.63) is 54.0 Å². The Hall–Kier alpha value is -2.43. The Kier molecular flexibility index (Phi) is 6.36. The van der Waals surface area contributed by atoms with Crippen LogP contribution in [-0.4, -0.2) is 29.0 Å². The van der Waals surface area contributed by atoms with E-state index in [0.29, 0.717) is 18.1 Å². The lowest BCUT2D eigenvalue weighted by Crippen LogP contribution is -2.25. The first-order valence-electron chi connectivity index (χ1n) is 7.67. The molecule has 0 bridgehead atoms. The maximum absolute atomic E-state index is 11.9. The fourth-order valence-corrected chi connectivity index (χ4v) is 2.03. The van der Waals surface area contributed by atoms with Gasteiger partial charge in [0.2, 0.25) is 0 Å². The molecule has 5 nitrogen and oxygen atoms in total. The lowest BCUT2D eigenvalue weighted by atomic mass is 10.1. The molecule has 2 N–H and O–H groups in total. The van der Waals surface area contributed by atoms with Crippen LogP contribution in [-0.2, 0) is 6.42 Å². The van der Waals surface area contributed by atoms with Crippen LogP contribution < -0.4 is 10.6 Å². The van der Waals surface area contributed by atoms with E-state index in [-0.39, 0.29) is 5.91 Å². The van der Waals surface area contributed by atoms with Crippen LogP contribution in [0.4, 0.5) is 5.82 Å². The Labute approximate surface area is 131 Å². The minimum absolute atomic E-state index is 0.151. The van der Waals surface area contributed by atoms with Gasteiger partial charge in [0, 0.05) is 19.2 Å². The van der Waals surface area contributed by atoms with Gasteiger partial charge in [-0.05, 0) is 18.4 Å². The van der Waals surface area contributed by atoms with Crippen LogP contribution in [0.15, 0.2) is 42.7 Å². The SMILES string of the molecule is CCCCNC(=O)c1cc(NCCc2ccccc2)ncn1. The summed E-state index contributed by atoms with van der Waals surface area (Å²) in [5.74, 6) is 0.522. The topological polar surface area (TPSA) is 66.9 Å². The van der Waals surface area contributed by atoms with Crippen LogP contribution in [0.25, 0.3) is 0 Å². The first-order valence-corrected chi connectivity index (χ1v) is 7.67. The summed E-state index contributed by atoms with van der Waals surface area (Å²) in [6, 6.07) is 11.9. The number of hydrogen-bond acceptors (Lipinski definition) is 4. The molecule has 0 spiro atoms. The quantitative estimate of drug-likeness (QED) is 0.735. The Morgan fingerprint density at radius 2 is 1.95 bits per heavy atom. The molecule has 0 aliphatic rings. The average molecular weight is 298 g/mol. The van der Waals surface area contributed by atoms with Gasteiger partial charge >= 0.3 is 0 Å². The summed E-state index contributed by atoms with van der Waals surface area (Å²) in [6.45, 7) is 3.53. The van der Waals surface area contributed by atoms with Gasteiger partial charge < -0.3 is 10.6 Å². The second kappa shape index (κ2) is 8.77. The summed E-state index contributed by atoms with van der Waals surface area (Å²) in [5, 5.41) is 6.08. The Morgan fingerprint density at radius 1 is 1.14 bits per heavy atom. The monoisotopic (exact) mass is 298 g/mol. The van der Waals surface area contributed by atoms with Crippen molar-refractivity contribution in [2.45, 2.75) is 26.2 Å². The average Bonchev–Trinajstić information content (AvgIpc) is 2.56. The molecule has 0 aliphatic heterocycles. The molecular weight excluding hydrogens is 276 g/mol. The molecule has 22 heavy (non-hydrogen) atoms. The van der Waals surface area contributed by atoms with Gasteiger partial charge in [-0.3, -0.25) is 4.79 Å². The number of amides is 1. The summed E-state index contributed by atoms with van der Waals surface area (Å²) in [6.07, 6.45) is 4.35. The van der Waals surface area contributed by atoms with E-state index < -0.39 is 0 Å². The third kappa shape index (κ3) is 5.16. The molecule has 0 atom stereocenters. The zero-order valence-corrected chi connectivity index (χ0v) is 12.9. The first kappa shape index (κ1) is 15.9. The van der Waals surface area contributed by atoms with Crippen LogP contribution >= 0.6 is 0 Å². The van der Waals surface area contributed by atoms with E-state index in [4.69, 9.17) is 0 Å². The molecule has 2 aromatic rings. The molecule has 116 valence electrons. The number of anilines is 1. The van der Waals surface area contributed by atoms with Crippen molar-refractivity contribution in [2.24, 2.45) is 0 Å². The van der Waals surface area contributed by atoms with Crippen molar-refractivity contribution in [1.82, 2.24) is 15.3 Å². The predicted octanol–water partition coefficient (Wildman–Crippen LogP) is 2.66. The Bertz CT molecular complexity index is 586. The summed E-state index contributed by atoms with van der Waals surface area (Å²) < 4.78 is 0. The third-order valence-electron chi connectivity index (χ3n) is 3.28. The molecule has 0 saturated heterocycles. The molecule has 1 heterocycles. The minimum atomic E-state index is -0.151. The van der Waals surface area contributed by atoms with Crippen molar-refractivity contribution >= 4 is 11.7 Å². The number of rotatable bonds is 8. The molecule has 0 aliphatic carbocycles. The second-order valence-electron chi connectivity index (χ2n) is 5.06. The van der Waals surface area contributed by atoms with Crippen molar-refractivity contribution < 1.29 is 4.79 Å². The minimum Gasteiger partial charge on any atom is -0.370 e. The van der Waals surface area contributed by atoms with Gasteiger partial charge in [0.05, 0.1) is 0 Å². The fourth-order valence-electron chi connectivity index (χ4n) is 2.03. The first-order chi connectivity index (χ1) is 10.8. The van der Waals surface area contributed by atoms with Crippen molar-refractivity contribution in [2.75, 3.05) is 18.4 Å². The van der Waals surface area contributed by atoms with E-state index in [2.05, 4.69) is 39.7 Å². The zero-order valence-electron chi connectivity index (χ0n) is 12.9. The molecule has 5 heteroatoms. The van der Waals surface area contributed by atoms with E-state index in [1.807, 2.05) is 18.2 Å². The lowest BCUT2D eigenvalue weighted by molar-refractivity contribution is 0.0948. The van der Waals surface area contributed by atoms with Gasteiger partial charge in [-0.1, -0.05) is 43.7 Å². The third-order valence-corrected chi connectivity index (χ3v) is 3.28. The van der Waals surface area contributed by atoms with E-state index in [0.717, 1.165) is 25.8 Å². The number of unbranched alkanes of at least 4 members (excludes halogenated alkanes) is 1. The van der Waals surface area contributed by atoms with Crippen molar-refractivity contribution in [3.8, 4) is 0 Å². The van der Waals surface area contributed by atoms with Crippen LogP contribution in [0.1, 0.15) is 35.8 Å². The summed E-state index contributed by atoms with van der Waals surface area (Å²) in [5.41, 5.74) is 1.66. The van der Waals surface area contributed by atoms with Crippen LogP contribution in [0.3, 0.4) is 0 Å².